The van der Waals surface area contributed by atoms with Crippen LogP contribution in [0.4, 0.5) is 27.7 Å². The molecule has 17 nitrogen and oxygen atoms in total. The van der Waals surface area contributed by atoms with Gasteiger partial charge in [-0.2, -0.15) is 0 Å². The number of rotatable bonds is 14. The Morgan fingerprint density at radius 3 is 2.27 bits per heavy atom. The van der Waals surface area contributed by atoms with E-state index in [0.717, 1.165) is 94.0 Å². The van der Waals surface area contributed by atoms with Crippen LogP contribution in [0.1, 0.15) is 47.6 Å². The van der Waals surface area contributed by atoms with Gasteiger partial charge in [-0.1, -0.05) is 30.3 Å². The Kier molecular flexibility index (Phi) is 12.5. The van der Waals surface area contributed by atoms with Gasteiger partial charge >= 0.3 is 6.03 Å². The number of piperazine rings is 2. The SMILES string of the molecule is COc1ccc(C(=O)N2CCN(CCCN3CCN(c4ccc(Nc5ncnc6c5ncn6C5CC(NC(=O)Cc6ccccc6)C5)cc4)CC3)CC2)cc1N1CCC(=O)NC1=O. The van der Waals surface area contributed by atoms with Crippen molar-refractivity contribution in [3.05, 3.63) is 96.6 Å². The minimum atomic E-state index is -0.514. The summed E-state index contributed by atoms with van der Waals surface area (Å²) in [6, 6.07) is 23.3. The van der Waals surface area contributed by atoms with Crippen LogP contribution in [0.25, 0.3) is 11.2 Å². The highest BCUT2D eigenvalue weighted by molar-refractivity contribution is 6.07. The summed E-state index contributed by atoms with van der Waals surface area (Å²) in [4.78, 5) is 74.8. The molecule has 0 unspecified atom stereocenters. The molecule has 2 aromatic heterocycles. The fourth-order valence-corrected chi connectivity index (χ4v) is 9.03. The molecule has 0 atom stereocenters. The lowest BCUT2D eigenvalue weighted by molar-refractivity contribution is -0.122. The Morgan fingerprint density at radius 1 is 0.825 bits per heavy atom. The number of imidazole rings is 1. The molecular weight excluding hydrogens is 801 g/mol. The molecule has 5 heterocycles. The summed E-state index contributed by atoms with van der Waals surface area (Å²) in [5.41, 5.74) is 5.61. The molecular formula is C46H54N12O5. The summed E-state index contributed by atoms with van der Waals surface area (Å²) < 4.78 is 7.57. The number of ether oxygens (including phenoxy) is 1. The van der Waals surface area contributed by atoms with Gasteiger partial charge in [0.15, 0.2) is 17.0 Å². The number of benzene rings is 3. The molecule has 0 radical (unpaired) electrons. The van der Waals surface area contributed by atoms with E-state index in [-0.39, 0.29) is 42.8 Å². The number of nitrogens with one attached hydrogen (secondary N) is 3. The second-order valence-electron chi connectivity index (χ2n) is 16.7. The molecule has 63 heavy (non-hydrogen) atoms. The molecule has 5 aromatic rings. The van der Waals surface area contributed by atoms with Crippen molar-refractivity contribution in [2.24, 2.45) is 0 Å². The maximum absolute atomic E-state index is 13.5. The number of imide groups is 1. The number of urea groups is 1. The first-order valence-corrected chi connectivity index (χ1v) is 21.9. The van der Waals surface area contributed by atoms with Crippen molar-refractivity contribution in [3.8, 4) is 5.75 Å². The number of methoxy groups -OCH3 is 1. The number of hydrogen-bond donors (Lipinski definition) is 3. The largest absolute Gasteiger partial charge is 0.495 e. The number of fused-ring (bicyclic) bond motifs is 1. The first kappa shape index (κ1) is 41.7. The first-order chi connectivity index (χ1) is 30.8. The van der Waals surface area contributed by atoms with Crippen LogP contribution in [0, 0.1) is 0 Å². The van der Waals surface area contributed by atoms with Crippen LogP contribution in [-0.4, -0.2) is 143 Å². The third kappa shape index (κ3) is 9.59. The van der Waals surface area contributed by atoms with Crippen molar-refractivity contribution in [2.45, 2.75) is 44.2 Å². The van der Waals surface area contributed by atoms with E-state index >= 15 is 0 Å². The van der Waals surface area contributed by atoms with Gasteiger partial charge < -0.3 is 29.7 Å². The topological polar surface area (TPSA) is 173 Å². The van der Waals surface area contributed by atoms with Gasteiger partial charge in [0.1, 0.15) is 12.1 Å². The number of amides is 5. The Balaban J connectivity index is 0.689. The van der Waals surface area contributed by atoms with Gasteiger partial charge in [-0.15, -0.1) is 0 Å². The molecule has 0 bridgehead atoms. The highest BCUT2D eigenvalue weighted by atomic mass is 16.5. The molecule has 3 aliphatic heterocycles. The summed E-state index contributed by atoms with van der Waals surface area (Å²) in [5, 5.41) is 8.96. The Morgan fingerprint density at radius 2 is 1.56 bits per heavy atom. The van der Waals surface area contributed by atoms with E-state index in [2.05, 4.69) is 74.4 Å². The zero-order chi connectivity index (χ0) is 43.3. The molecule has 9 rings (SSSR count). The van der Waals surface area contributed by atoms with Crippen molar-refractivity contribution in [1.29, 1.82) is 0 Å². The molecule has 328 valence electrons. The summed E-state index contributed by atoms with van der Waals surface area (Å²) in [6.07, 6.45) is 6.72. The monoisotopic (exact) mass is 854 g/mol. The van der Waals surface area contributed by atoms with Crippen molar-refractivity contribution in [2.75, 3.05) is 94.2 Å². The van der Waals surface area contributed by atoms with Gasteiger partial charge in [0.05, 0.1) is 25.5 Å². The van der Waals surface area contributed by atoms with E-state index in [4.69, 9.17) is 4.74 Å². The predicted molar refractivity (Wildman–Crippen MR) is 240 cm³/mol. The Bertz CT molecular complexity index is 2420. The molecule has 1 saturated carbocycles. The quantitative estimate of drug-likeness (QED) is 0.147. The third-order valence-electron chi connectivity index (χ3n) is 12.7. The van der Waals surface area contributed by atoms with E-state index < -0.39 is 6.03 Å². The smallest absolute Gasteiger partial charge is 0.328 e. The summed E-state index contributed by atoms with van der Waals surface area (Å²) in [7, 11) is 1.52. The molecule has 3 aromatic carbocycles. The average Bonchev–Trinajstić information content (AvgIpc) is 3.73. The molecule has 1 aliphatic carbocycles. The van der Waals surface area contributed by atoms with Crippen molar-refractivity contribution >= 4 is 57.8 Å². The summed E-state index contributed by atoms with van der Waals surface area (Å²) in [6.45, 7) is 9.09. The van der Waals surface area contributed by atoms with E-state index in [1.807, 2.05) is 41.6 Å². The molecule has 0 spiro atoms. The van der Waals surface area contributed by atoms with E-state index in [0.29, 0.717) is 42.3 Å². The summed E-state index contributed by atoms with van der Waals surface area (Å²) >= 11 is 0. The number of aromatic nitrogens is 4. The van der Waals surface area contributed by atoms with Crippen LogP contribution in [0.5, 0.6) is 5.75 Å². The van der Waals surface area contributed by atoms with E-state index in [1.54, 1.807) is 24.5 Å². The van der Waals surface area contributed by atoms with Gasteiger partial charge in [0.2, 0.25) is 11.8 Å². The van der Waals surface area contributed by atoms with Gasteiger partial charge in [0, 0.05) is 94.3 Å². The number of nitrogens with zero attached hydrogens (tertiary/aromatic N) is 9. The molecule has 3 N–H and O–H groups in total. The number of hydrogen-bond acceptors (Lipinski definition) is 12. The van der Waals surface area contributed by atoms with Crippen LogP contribution < -0.4 is 30.5 Å². The predicted octanol–water partition coefficient (Wildman–Crippen LogP) is 4.06. The molecule has 3 saturated heterocycles. The highest BCUT2D eigenvalue weighted by Gasteiger charge is 2.33. The van der Waals surface area contributed by atoms with E-state index in [9.17, 15) is 19.2 Å². The maximum Gasteiger partial charge on any atom is 0.328 e. The second kappa shape index (κ2) is 18.8. The normalized spacial score (nSPS) is 19.7. The number of anilines is 4. The minimum Gasteiger partial charge on any atom is -0.495 e. The minimum absolute atomic E-state index is 0.0479. The second-order valence-corrected chi connectivity index (χ2v) is 16.7. The molecule has 17 heteroatoms. The van der Waals surface area contributed by atoms with Crippen LogP contribution in [0.2, 0.25) is 0 Å². The van der Waals surface area contributed by atoms with Crippen LogP contribution in [-0.2, 0) is 16.0 Å². The maximum atomic E-state index is 13.5. The van der Waals surface area contributed by atoms with Gasteiger partial charge in [-0.05, 0) is 80.4 Å². The molecule has 5 amide bonds. The van der Waals surface area contributed by atoms with Gasteiger partial charge in [-0.25, -0.2) is 19.7 Å². The fraction of sp³-hybridized carbons (Fsp3) is 0.413. The Labute approximate surface area is 366 Å². The van der Waals surface area contributed by atoms with Crippen LogP contribution in [0.15, 0.2) is 85.5 Å². The van der Waals surface area contributed by atoms with Gasteiger partial charge in [-0.3, -0.25) is 34.4 Å². The van der Waals surface area contributed by atoms with Crippen LogP contribution in [0.3, 0.4) is 0 Å². The van der Waals surface area contributed by atoms with E-state index in [1.165, 1.54) is 17.7 Å². The lowest BCUT2D eigenvalue weighted by Crippen LogP contribution is -2.50. The average molecular weight is 855 g/mol. The lowest BCUT2D eigenvalue weighted by Gasteiger charge is -2.37. The zero-order valence-corrected chi connectivity index (χ0v) is 35.6. The molecule has 4 fully saturated rings. The standard InChI is InChI=1S/C46H54N12O5/c1-63-39-13-8-33(27-38(39)57-17-14-40(59)52-46(57)62)45(61)56-24-20-54(21-25-56)16-5-15-53-18-22-55(23-19-53)36-11-9-34(10-12-36)51-43-42-44(48-30-47-43)58(31-49-42)37-28-35(29-37)50-41(60)26-32-6-3-2-4-7-32/h2-4,6-13,27,30-31,35,37H,5,14-26,28-29H2,1H3,(H,50,60)(H,47,48,51)(H,52,59,62). The fourth-order valence-electron chi connectivity index (χ4n) is 9.03. The zero-order valence-electron chi connectivity index (χ0n) is 35.6. The summed E-state index contributed by atoms with van der Waals surface area (Å²) in [5.74, 6) is 0.796. The van der Waals surface area contributed by atoms with Crippen LogP contribution >= 0.6 is 0 Å². The van der Waals surface area contributed by atoms with Crippen molar-refractivity contribution < 1.29 is 23.9 Å². The third-order valence-corrected chi connectivity index (χ3v) is 12.7. The number of carbonyl (C=O) groups is 4. The first-order valence-electron chi connectivity index (χ1n) is 21.9. The lowest BCUT2D eigenvalue weighted by atomic mass is 9.86. The van der Waals surface area contributed by atoms with Crippen molar-refractivity contribution in [3.63, 3.8) is 0 Å². The van der Waals surface area contributed by atoms with Crippen molar-refractivity contribution in [1.82, 2.24) is 44.9 Å². The highest BCUT2D eigenvalue weighted by Crippen LogP contribution is 2.36. The number of carbonyl (C=O) groups excluding carboxylic acids is 4. The Hall–Kier alpha value is -6.59. The molecule has 4 aliphatic rings. The van der Waals surface area contributed by atoms with Gasteiger partial charge in [0.25, 0.3) is 5.91 Å².